The number of aromatic amines is 1. The number of hydrogen-bond acceptors (Lipinski definition) is 4. The molecule has 1 aliphatic rings. The van der Waals surface area contributed by atoms with Gasteiger partial charge in [-0.05, 0) is 38.1 Å². The molecule has 2 aromatic rings. The Labute approximate surface area is 144 Å². The van der Waals surface area contributed by atoms with Crippen LogP contribution in [0.2, 0.25) is 0 Å². The highest BCUT2D eigenvalue weighted by molar-refractivity contribution is 6.08. The van der Waals surface area contributed by atoms with Crippen LogP contribution in [0.4, 0.5) is 4.79 Å². The first kappa shape index (κ1) is 16.8. The van der Waals surface area contributed by atoms with Crippen molar-refractivity contribution in [2.45, 2.75) is 25.9 Å². The number of carbonyl (C=O) groups excluding carboxylic acids is 3. The number of aromatic nitrogens is 1. The summed E-state index contributed by atoms with van der Waals surface area (Å²) in [4.78, 5) is 40.0. The molecule has 0 unspecified atom stereocenters. The summed E-state index contributed by atoms with van der Waals surface area (Å²) in [5.41, 5.74) is 0.767. The highest BCUT2D eigenvalue weighted by atomic mass is 16.5. The van der Waals surface area contributed by atoms with Crippen molar-refractivity contribution >= 4 is 28.7 Å². The summed E-state index contributed by atoms with van der Waals surface area (Å²) >= 11 is 0. The van der Waals surface area contributed by atoms with Gasteiger partial charge in [-0.25, -0.2) is 4.79 Å². The molecule has 0 bridgehead atoms. The number of nitrogens with one attached hydrogen (secondary N) is 3. The van der Waals surface area contributed by atoms with Crippen molar-refractivity contribution in [2.75, 3.05) is 13.7 Å². The minimum absolute atomic E-state index is 0.267. The minimum atomic E-state index is -0.979. The van der Waals surface area contributed by atoms with Gasteiger partial charge >= 0.3 is 6.03 Å². The number of carbonyl (C=O) groups is 3. The molecule has 25 heavy (non-hydrogen) atoms. The minimum Gasteiger partial charge on any atom is -0.497 e. The van der Waals surface area contributed by atoms with Crippen molar-refractivity contribution in [1.29, 1.82) is 0 Å². The van der Waals surface area contributed by atoms with E-state index in [1.807, 2.05) is 24.3 Å². The Morgan fingerprint density at radius 1 is 1.28 bits per heavy atom. The summed E-state index contributed by atoms with van der Waals surface area (Å²) in [6.07, 6.45) is 0. The fourth-order valence-electron chi connectivity index (χ4n) is 2.75. The lowest BCUT2D eigenvalue weighted by Gasteiger charge is -2.15. The predicted molar refractivity (Wildman–Crippen MR) is 91.0 cm³/mol. The average Bonchev–Trinajstić information content (AvgIpc) is 3.05. The van der Waals surface area contributed by atoms with Crippen LogP contribution in [-0.4, -0.2) is 46.9 Å². The van der Waals surface area contributed by atoms with Gasteiger partial charge in [0.15, 0.2) is 0 Å². The van der Waals surface area contributed by atoms with Crippen LogP contribution in [0.3, 0.4) is 0 Å². The SMILES string of the molecule is COc1ccc2[nH]c(CNC(=O)CN3C(=O)NC(C)(C)C3=O)cc2c1. The first-order chi connectivity index (χ1) is 11.8. The Balaban J connectivity index is 1.61. The van der Waals surface area contributed by atoms with E-state index in [0.717, 1.165) is 27.2 Å². The summed E-state index contributed by atoms with van der Waals surface area (Å²) in [6.45, 7) is 3.17. The van der Waals surface area contributed by atoms with Gasteiger partial charge < -0.3 is 20.4 Å². The number of H-pyrrole nitrogens is 1. The highest BCUT2D eigenvalue weighted by Gasteiger charge is 2.44. The number of amides is 4. The lowest BCUT2D eigenvalue weighted by atomic mass is 10.1. The van der Waals surface area contributed by atoms with E-state index in [9.17, 15) is 14.4 Å². The number of urea groups is 1. The quantitative estimate of drug-likeness (QED) is 0.707. The molecule has 0 saturated carbocycles. The second kappa shape index (κ2) is 6.12. The third-order valence-corrected chi connectivity index (χ3v) is 4.11. The zero-order valence-electron chi connectivity index (χ0n) is 14.3. The van der Waals surface area contributed by atoms with E-state index < -0.39 is 23.4 Å². The maximum absolute atomic E-state index is 12.1. The number of rotatable bonds is 5. The Morgan fingerprint density at radius 3 is 2.68 bits per heavy atom. The zero-order chi connectivity index (χ0) is 18.2. The van der Waals surface area contributed by atoms with Crippen LogP contribution in [0, 0.1) is 0 Å². The van der Waals surface area contributed by atoms with Gasteiger partial charge in [-0.3, -0.25) is 14.5 Å². The van der Waals surface area contributed by atoms with Gasteiger partial charge in [0.05, 0.1) is 13.7 Å². The first-order valence-corrected chi connectivity index (χ1v) is 7.86. The molecule has 0 radical (unpaired) electrons. The van der Waals surface area contributed by atoms with Crippen LogP contribution >= 0.6 is 0 Å². The fourth-order valence-corrected chi connectivity index (χ4v) is 2.75. The lowest BCUT2D eigenvalue weighted by molar-refractivity contribution is -0.134. The highest BCUT2D eigenvalue weighted by Crippen LogP contribution is 2.21. The van der Waals surface area contributed by atoms with E-state index in [1.54, 1.807) is 21.0 Å². The summed E-state index contributed by atoms with van der Waals surface area (Å²) in [5.74, 6) is -0.0638. The van der Waals surface area contributed by atoms with Gasteiger partial charge in [-0.15, -0.1) is 0 Å². The average molecular weight is 344 g/mol. The number of hydrogen-bond donors (Lipinski definition) is 3. The maximum atomic E-state index is 12.1. The monoisotopic (exact) mass is 344 g/mol. The van der Waals surface area contributed by atoms with Gasteiger partial charge in [0, 0.05) is 16.6 Å². The molecule has 1 saturated heterocycles. The molecule has 0 aliphatic carbocycles. The van der Waals surface area contributed by atoms with E-state index in [4.69, 9.17) is 4.74 Å². The summed E-state index contributed by atoms with van der Waals surface area (Å²) in [7, 11) is 1.60. The molecule has 132 valence electrons. The molecule has 1 aliphatic heterocycles. The van der Waals surface area contributed by atoms with Gasteiger partial charge in [-0.1, -0.05) is 0 Å². The van der Waals surface area contributed by atoms with Crippen LogP contribution in [0.1, 0.15) is 19.5 Å². The molecule has 1 fully saturated rings. The van der Waals surface area contributed by atoms with Crippen molar-refractivity contribution < 1.29 is 19.1 Å². The molecule has 3 rings (SSSR count). The van der Waals surface area contributed by atoms with Gasteiger partial charge in [0.1, 0.15) is 17.8 Å². The third-order valence-electron chi connectivity index (χ3n) is 4.11. The van der Waals surface area contributed by atoms with Gasteiger partial charge in [-0.2, -0.15) is 0 Å². The van der Waals surface area contributed by atoms with Gasteiger partial charge in [0.25, 0.3) is 5.91 Å². The molecular formula is C17H20N4O4. The normalized spacial score (nSPS) is 16.2. The Kier molecular flexibility index (Phi) is 4.12. The second-order valence-electron chi connectivity index (χ2n) is 6.47. The van der Waals surface area contributed by atoms with Crippen LogP contribution in [0.25, 0.3) is 10.9 Å². The van der Waals surface area contributed by atoms with Crippen LogP contribution in [0.5, 0.6) is 5.75 Å². The Hall–Kier alpha value is -3.03. The molecule has 0 atom stereocenters. The number of fused-ring (bicyclic) bond motifs is 1. The second-order valence-corrected chi connectivity index (χ2v) is 6.47. The summed E-state index contributed by atoms with van der Waals surface area (Å²) < 4.78 is 5.18. The Morgan fingerprint density at radius 2 is 2.04 bits per heavy atom. The van der Waals surface area contributed by atoms with Crippen LogP contribution < -0.4 is 15.4 Å². The fraction of sp³-hybridized carbons (Fsp3) is 0.353. The number of ether oxygens (including phenoxy) is 1. The topological polar surface area (TPSA) is 104 Å². The number of methoxy groups -OCH3 is 1. The van der Waals surface area contributed by atoms with Crippen molar-refractivity contribution in [3.05, 3.63) is 30.0 Å². The molecule has 8 heteroatoms. The first-order valence-electron chi connectivity index (χ1n) is 7.86. The van der Waals surface area contributed by atoms with Crippen LogP contribution in [-0.2, 0) is 16.1 Å². The smallest absolute Gasteiger partial charge is 0.325 e. The van der Waals surface area contributed by atoms with E-state index in [2.05, 4.69) is 15.6 Å². The molecule has 0 spiro atoms. The largest absolute Gasteiger partial charge is 0.497 e. The summed E-state index contributed by atoms with van der Waals surface area (Å²) in [5, 5.41) is 6.22. The molecule has 1 aromatic heterocycles. The number of imide groups is 1. The molecular weight excluding hydrogens is 324 g/mol. The standard InChI is InChI=1S/C17H20N4O4/c1-17(2)15(23)21(16(24)20-17)9-14(22)18-8-11-6-10-7-12(25-3)4-5-13(10)19-11/h4-7,19H,8-9H2,1-3H3,(H,18,22)(H,20,24). The summed E-state index contributed by atoms with van der Waals surface area (Å²) in [6, 6.07) is 7.00. The zero-order valence-corrected chi connectivity index (χ0v) is 14.3. The van der Waals surface area contributed by atoms with E-state index in [1.165, 1.54) is 0 Å². The lowest BCUT2D eigenvalue weighted by Crippen LogP contribution is -2.43. The number of benzene rings is 1. The van der Waals surface area contributed by atoms with Gasteiger partial charge in [0.2, 0.25) is 5.91 Å². The third kappa shape index (κ3) is 3.28. The van der Waals surface area contributed by atoms with Crippen LogP contribution in [0.15, 0.2) is 24.3 Å². The number of nitrogens with zero attached hydrogens (tertiary/aromatic N) is 1. The molecule has 3 N–H and O–H groups in total. The van der Waals surface area contributed by atoms with E-state index >= 15 is 0 Å². The predicted octanol–water partition coefficient (Wildman–Crippen LogP) is 1.12. The van der Waals surface area contributed by atoms with Crippen molar-refractivity contribution in [2.24, 2.45) is 0 Å². The van der Waals surface area contributed by atoms with E-state index in [0.29, 0.717) is 0 Å². The molecule has 2 heterocycles. The molecule has 4 amide bonds. The Bertz CT molecular complexity index is 855. The molecule has 1 aromatic carbocycles. The van der Waals surface area contributed by atoms with Crippen molar-refractivity contribution in [1.82, 2.24) is 20.5 Å². The molecule has 8 nitrogen and oxygen atoms in total. The maximum Gasteiger partial charge on any atom is 0.325 e. The van der Waals surface area contributed by atoms with E-state index in [-0.39, 0.29) is 13.1 Å². The van der Waals surface area contributed by atoms with Crippen molar-refractivity contribution in [3.63, 3.8) is 0 Å². The van der Waals surface area contributed by atoms with Crippen molar-refractivity contribution in [3.8, 4) is 5.75 Å².